The van der Waals surface area contributed by atoms with E-state index in [1.165, 1.54) is 12.8 Å². The third kappa shape index (κ3) is 6.12. The SMILES string of the molecule is CCCOc1nc(NC)nc(NCCCOCC2CC2)n1. The average molecular weight is 295 g/mol. The Kier molecular flexibility index (Phi) is 6.46. The Bertz CT molecular complexity index is 426. The van der Waals surface area contributed by atoms with Crippen LogP contribution >= 0.6 is 0 Å². The lowest BCUT2D eigenvalue weighted by Crippen LogP contribution is -2.12. The molecule has 0 bridgehead atoms. The smallest absolute Gasteiger partial charge is 0.323 e. The standard InChI is InChI=1S/C14H25N5O2/c1-3-8-21-14-18-12(15-2)17-13(19-14)16-7-4-9-20-10-11-5-6-11/h11H,3-10H2,1-2H3,(H2,15,16,17,18,19). The number of hydrogen-bond donors (Lipinski definition) is 2. The van der Waals surface area contributed by atoms with Crippen LogP contribution < -0.4 is 15.4 Å². The molecule has 1 aromatic rings. The topological polar surface area (TPSA) is 81.2 Å². The molecule has 2 N–H and O–H groups in total. The van der Waals surface area contributed by atoms with Gasteiger partial charge in [0.2, 0.25) is 11.9 Å². The van der Waals surface area contributed by atoms with Gasteiger partial charge in [-0.05, 0) is 31.6 Å². The van der Waals surface area contributed by atoms with E-state index in [1.54, 1.807) is 7.05 Å². The summed E-state index contributed by atoms with van der Waals surface area (Å²) in [4.78, 5) is 12.6. The molecule has 7 heteroatoms. The highest BCUT2D eigenvalue weighted by Gasteiger charge is 2.20. The molecule has 7 nitrogen and oxygen atoms in total. The van der Waals surface area contributed by atoms with E-state index in [9.17, 15) is 0 Å². The van der Waals surface area contributed by atoms with Crippen LogP contribution in [0.2, 0.25) is 0 Å². The second-order valence-corrected chi connectivity index (χ2v) is 5.16. The van der Waals surface area contributed by atoms with Gasteiger partial charge in [0.1, 0.15) is 0 Å². The first-order valence-corrected chi connectivity index (χ1v) is 7.70. The molecule has 118 valence electrons. The Labute approximate surface area is 125 Å². The summed E-state index contributed by atoms with van der Waals surface area (Å²) in [6, 6.07) is 0.351. The Hall–Kier alpha value is -1.63. The highest BCUT2D eigenvalue weighted by Crippen LogP contribution is 2.28. The second kappa shape index (κ2) is 8.61. The molecular formula is C14H25N5O2. The largest absolute Gasteiger partial charge is 0.463 e. The minimum Gasteiger partial charge on any atom is -0.463 e. The summed E-state index contributed by atoms with van der Waals surface area (Å²) in [5, 5.41) is 6.09. The summed E-state index contributed by atoms with van der Waals surface area (Å²) in [7, 11) is 1.77. The number of anilines is 2. The van der Waals surface area contributed by atoms with E-state index in [1.807, 2.05) is 6.92 Å². The molecule has 0 spiro atoms. The third-order valence-corrected chi connectivity index (χ3v) is 3.07. The van der Waals surface area contributed by atoms with Crippen LogP contribution in [-0.4, -0.2) is 48.4 Å². The minimum atomic E-state index is 0.351. The van der Waals surface area contributed by atoms with Crippen molar-refractivity contribution in [3.63, 3.8) is 0 Å². The summed E-state index contributed by atoms with van der Waals surface area (Å²) in [5.74, 6) is 1.85. The molecule has 1 fully saturated rings. The molecule has 1 aliphatic carbocycles. The van der Waals surface area contributed by atoms with Crippen molar-refractivity contribution in [2.75, 3.05) is 44.0 Å². The first-order chi connectivity index (χ1) is 10.3. The van der Waals surface area contributed by atoms with Crippen molar-refractivity contribution >= 4 is 11.9 Å². The lowest BCUT2D eigenvalue weighted by atomic mass is 10.4. The number of rotatable bonds is 11. The Morgan fingerprint density at radius 1 is 1.14 bits per heavy atom. The van der Waals surface area contributed by atoms with E-state index in [2.05, 4.69) is 25.6 Å². The molecular weight excluding hydrogens is 270 g/mol. The molecule has 0 atom stereocenters. The fourth-order valence-corrected chi connectivity index (χ4v) is 1.71. The summed E-state index contributed by atoms with van der Waals surface area (Å²) in [6.45, 7) is 5.09. The maximum atomic E-state index is 5.59. The third-order valence-electron chi connectivity index (χ3n) is 3.07. The van der Waals surface area contributed by atoms with Gasteiger partial charge in [0.05, 0.1) is 6.61 Å². The van der Waals surface area contributed by atoms with Gasteiger partial charge in [0.15, 0.2) is 0 Å². The summed E-state index contributed by atoms with van der Waals surface area (Å²) < 4.78 is 11.0. The average Bonchev–Trinajstić information content (AvgIpc) is 3.32. The Morgan fingerprint density at radius 2 is 1.95 bits per heavy atom. The van der Waals surface area contributed by atoms with Crippen molar-refractivity contribution in [3.8, 4) is 6.01 Å². The maximum absolute atomic E-state index is 5.59. The summed E-state index contributed by atoms with van der Waals surface area (Å²) in [5.41, 5.74) is 0. The molecule has 2 rings (SSSR count). The minimum absolute atomic E-state index is 0.351. The second-order valence-electron chi connectivity index (χ2n) is 5.16. The Morgan fingerprint density at radius 3 is 2.67 bits per heavy atom. The van der Waals surface area contributed by atoms with Crippen LogP contribution in [0.15, 0.2) is 0 Å². The predicted molar refractivity (Wildman–Crippen MR) is 81.8 cm³/mol. The van der Waals surface area contributed by atoms with Crippen molar-refractivity contribution in [1.82, 2.24) is 15.0 Å². The number of ether oxygens (including phenoxy) is 2. The molecule has 0 unspecified atom stereocenters. The van der Waals surface area contributed by atoms with E-state index in [4.69, 9.17) is 9.47 Å². The van der Waals surface area contributed by atoms with Crippen LogP contribution in [0.5, 0.6) is 6.01 Å². The van der Waals surface area contributed by atoms with Crippen LogP contribution in [0.3, 0.4) is 0 Å². The molecule has 1 saturated carbocycles. The van der Waals surface area contributed by atoms with Gasteiger partial charge in [0.25, 0.3) is 0 Å². The molecule has 1 heterocycles. The maximum Gasteiger partial charge on any atom is 0.323 e. The first-order valence-electron chi connectivity index (χ1n) is 7.70. The van der Waals surface area contributed by atoms with Crippen molar-refractivity contribution in [2.24, 2.45) is 5.92 Å². The lowest BCUT2D eigenvalue weighted by molar-refractivity contribution is 0.124. The molecule has 0 amide bonds. The van der Waals surface area contributed by atoms with Crippen molar-refractivity contribution < 1.29 is 9.47 Å². The summed E-state index contributed by atoms with van der Waals surface area (Å²) >= 11 is 0. The monoisotopic (exact) mass is 295 g/mol. The van der Waals surface area contributed by atoms with Gasteiger partial charge in [-0.2, -0.15) is 15.0 Å². The Balaban J connectivity index is 1.71. The fraction of sp³-hybridized carbons (Fsp3) is 0.786. The quantitative estimate of drug-likeness (QED) is 0.604. The summed E-state index contributed by atoms with van der Waals surface area (Å²) in [6.07, 6.45) is 4.51. The highest BCUT2D eigenvalue weighted by molar-refractivity contribution is 5.35. The number of nitrogens with zero attached hydrogens (tertiary/aromatic N) is 3. The molecule has 0 radical (unpaired) electrons. The van der Waals surface area contributed by atoms with Gasteiger partial charge in [-0.3, -0.25) is 0 Å². The lowest BCUT2D eigenvalue weighted by Gasteiger charge is -2.09. The van der Waals surface area contributed by atoms with Gasteiger partial charge < -0.3 is 20.1 Å². The van der Waals surface area contributed by atoms with Crippen LogP contribution in [-0.2, 0) is 4.74 Å². The molecule has 0 aliphatic heterocycles. The van der Waals surface area contributed by atoms with E-state index >= 15 is 0 Å². The predicted octanol–water partition coefficient (Wildman–Crippen LogP) is 1.93. The molecule has 1 aliphatic rings. The van der Waals surface area contributed by atoms with E-state index < -0.39 is 0 Å². The highest BCUT2D eigenvalue weighted by atomic mass is 16.5. The van der Waals surface area contributed by atoms with Crippen LogP contribution in [0, 0.1) is 5.92 Å². The fourth-order valence-electron chi connectivity index (χ4n) is 1.71. The molecule has 0 aromatic carbocycles. The van der Waals surface area contributed by atoms with E-state index in [-0.39, 0.29) is 0 Å². The molecule has 21 heavy (non-hydrogen) atoms. The van der Waals surface area contributed by atoms with E-state index in [0.29, 0.717) is 24.5 Å². The van der Waals surface area contributed by atoms with Gasteiger partial charge in [-0.15, -0.1) is 0 Å². The van der Waals surface area contributed by atoms with E-state index in [0.717, 1.165) is 38.5 Å². The normalized spacial score (nSPS) is 14.0. The zero-order valence-corrected chi connectivity index (χ0v) is 12.9. The zero-order valence-electron chi connectivity index (χ0n) is 12.9. The number of aromatic nitrogens is 3. The first kappa shape index (κ1) is 15.8. The van der Waals surface area contributed by atoms with Gasteiger partial charge in [-0.1, -0.05) is 6.92 Å². The number of nitrogens with one attached hydrogen (secondary N) is 2. The number of hydrogen-bond acceptors (Lipinski definition) is 7. The van der Waals surface area contributed by atoms with Gasteiger partial charge >= 0.3 is 6.01 Å². The van der Waals surface area contributed by atoms with Crippen molar-refractivity contribution in [2.45, 2.75) is 32.6 Å². The van der Waals surface area contributed by atoms with Crippen LogP contribution in [0.25, 0.3) is 0 Å². The van der Waals surface area contributed by atoms with Crippen molar-refractivity contribution in [3.05, 3.63) is 0 Å². The van der Waals surface area contributed by atoms with Gasteiger partial charge in [-0.25, -0.2) is 0 Å². The zero-order chi connectivity index (χ0) is 14.9. The van der Waals surface area contributed by atoms with Gasteiger partial charge in [0, 0.05) is 26.8 Å². The van der Waals surface area contributed by atoms with Crippen LogP contribution in [0.4, 0.5) is 11.9 Å². The van der Waals surface area contributed by atoms with Crippen molar-refractivity contribution in [1.29, 1.82) is 0 Å². The molecule has 0 saturated heterocycles. The molecule has 1 aromatic heterocycles. The van der Waals surface area contributed by atoms with Crippen LogP contribution in [0.1, 0.15) is 32.6 Å².